The third kappa shape index (κ3) is 2.51. The van der Waals surface area contributed by atoms with Crippen molar-refractivity contribution in [3.8, 4) is 0 Å². The minimum Gasteiger partial charge on any atom is -0.385 e. The highest BCUT2D eigenvalue weighted by Gasteiger charge is 2.21. The maximum absolute atomic E-state index is 12.8. The lowest BCUT2D eigenvalue weighted by Gasteiger charge is -2.20. The molecule has 3 aromatic rings. The van der Waals surface area contributed by atoms with E-state index in [9.17, 15) is 4.79 Å². The van der Waals surface area contributed by atoms with E-state index in [1.807, 2.05) is 12.1 Å². The summed E-state index contributed by atoms with van der Waals surface area (Å²) in [6, 6.07) is 6.04. The first-order valence-electron chi connectivity index (χ1n) is 7.82. The van der Waals surface area contributed by atoms with Crippen molar-refractivity contribution in [3.05, 3.63) is 46.6 Å². The van der Waals surface area contributed by atoms with E-state index in [0.717, 1.165) is 41.2 Å². The third-order valence-corrected chi connectivity index (χ3v) is 5.26. The average Bonchev–Trinajstić information content (AvgIpc) is 3.01. The molecule has 0 bridgehead atoms. The lowest BCUT2D eigenvalue weighted by molar-refractivity contribution is 0.103. The second-order valence-corrected chi connectivity index (χ2v) is 6.59. The van der Waals surface area contributed by atoms with Crippen molar-refractivity contribution in [2.24, 2.45) is 0 Å². The number of hydrogen-bond donors (Lipinski definition) is 3. The maximum Gasteiger partial charge on any atom is 0.268 e. The van der Waals surface area contributed by atoms with Gasteiger partial charge in [-0.25, -0.2) is 9.97 Å². The van der Waals surface area contributed by atoms with Crippen LogP contribution in [0.2, 0.25) is 0 Å². The van der Waals surface area contributed by atoms with Crippen molar-refractivity contribution in [3.63, 3.8) is 0 Å². The predicted octanol–water partition coefficient (Wildman–Crippen LogP) is 2.63. The van der Waals surface area contributed by atoms with Gasteiger partial charge in [-0.15, -0.1) is 11.3 Å². The first-order chi connectivity index (χ1) is 11.8. The lowest BCUT2D eigenvalue weighted by atomic mass is 9.99. The normalized spacial score (nSPS) is 13.5. The number of fused-ring (bicyclic) bond motifs is 2. The molecule has 0 unspecified atom stereocenters. The molecule has 0 aliphatic carbocycles. The quantitative estimate of drug-likeness (QED) is 0.684. The van der Waals surface area contributed by atoms with Gasteiger partial charge in [0, 0.05) is 31.7 Å². The summed E-state index contributed by atoms with van der Waals surface area (Å²) < 4.78 is 0. The molecular weight excluding hydrogens is 322 g/mol. The maximum atomic E-state index is 12.8. The minimum absolute atomic E-state index is 0.129. The number of aromatic nitrogens is 2. The van der Waals surface area contributed by atoms with Crippen LogP contribution in [0.5, 0.6) is 0 Å². The number of nitrogens with one attached hydrogen (secondary N) is 3. The molecule has 0 fully saturated rings. The van der Waals surface area contributed by atoms with E-state index in [2.05, 4.69) is 32.0 Å². The molecule has 0 saturated carbocycles. The molecule has 6 nitrogen and oxygen atoms in total. The Morgan fingerprint density at radius 2 is 2.17 bits per heavy atom. The zero-order chi connectivity index (χ0) is 16.5. The van der Waals surface area contributed by atoms with Crippen LogP contribution in [0.1, 0.15) is 20.8 Å². The molecule has 2 aromatic heterocycles. The number of benzene rings is 1. The SMILES string of the molecule is CNc1c(C(=O)Nc2cccc3c2CCNC3)sc2nccnc12. The molecular formula is C17H17N5OS. The van der Waals surface area contributed by atoms with Crippen LogP contribution in [0.4, 0.5) is 11.4 Å². The van der Waals surface area contributed by atoms with Crippen LogP contribution in [0.25, 0.3) is 10.3 Å². The summed E-state index contributed by atoms with van der Waals surface area (Å²) in [5.74, 6) is -0.129. The summed E-state index contributed by atoms with van der Waals surface area (Å²) >= 11 is 1.35. The average molecular weight is 339 g/mol. The van der Waals surface area contributed by atoms with Crippen LogP contribution in [0.3, 0.4) is 0 Å². The highest BCUT2D eigenvalue weighted by Crippen LogP contribution is 2.33. The number of anilines is 2. The number of amides is 1. The molecule has 1 aromatic carbocycles. The van der Waals surface area contributed by atoms with Crippen molar-refractivity contribution >= 4 is 39.0 Å². The van der Waals surface area contributed by atoms with Gasteiger partial charge in [0.1, 0.15) is 15.2 Å². The van der Waals surface area contributed by atoms with Gasteiger partial charge in [0.25, 0.3) is 5.91 Å². The molecule has 4 rings (SSSR count). The van der Waals surface area contributed by atoms with Crippen molar-refractivity contribution in [1.29, 1.82) is 0 Å². The zero-order valence-electron chi connectivity index (χ0n) is 13.2. The van der Waals surface area contributed by atoms with Crippen molar-refractivity contribution in [1.82, 2.24) is 15.3 Å². The molecule has 0 spiro atoms. The van der Waals surface area contributed by atoms with Gasteiger partial charge < -0.3 is 16.0 Å². The third-order valence-electron chi connectivity index (χ3n) is 4.17. The molecule has 0 atom stereocenters. The van der Waals surface area contributed by atoms with Gasteiger partial charge in [0.15, 0.2) is 0 Å². The second-order valence-electron chi connectivity index (χ2n) is 5.59. The van der Waals surface area contributed by atoms with E-state index < -0.39 is 0 Å². The van der Waals surface area contributed by atoms with Crippen LogP contribution in [0, 0.1) is 0 Å². The van der Waals surface area contributed by atoms with Crippen LogP contribution in [0.15, 0.2) is 30.6 Å². The van der Waals surface area contributed by atoms with E-state index >= 15 is 0 Å². The number of hydrogen-bond acceptors (Lipinski definition) is 6. The Hall–Kier alpha value is -2.51. The molecule has 7 heteroatoms. The molecule has 1 aliphatic rings. The number of thiophene rings is 1. The summed E-state index contributed by atoms with van der Waals surface area (Å²) in [4.78, 5) is 22.8. The summed E-state index contributed by atoms with van der Waals surface area (Å²) in [5, 5.41) is 9.51. The van der Waals surface area contributed by atoms with Gasteiger partial charge in [-0.05, 0) is 30.2 Å². The molecule has 3 heterocycles. The number of carbonyl (C=O) groups is 1. The van der Waals surface area contributed by atoms with E-state index in [-0.39, 0.29) is 5.91 Å². The summed E-state index contributed by atoms with van der Waals surface area (Å²) in [6.45, 7) is 1.77. The summed E-state index contributed by atoms with van der Waals surface area (Å²) in [7, 11) is 1.79. The fraction of sp³-hybridized carbons (Fsp3) is 0.235. The fourth-order valence-electron chi connectivity index (χ4n) is 3.05. The van der Waals surface area contributed by atoms with E-state index in [4.69, 9.17) is 0 Å². The largest absolute Gasteiger partial charge is 0.385 e. The lowest BCUT2D eigenvalue weighted by Crippen LogP contribution is -2.25. The molecule has 122 valence electrons. The van der Waals surface area contributed by atoms with Crippen molar-refractivity contribution in [2.45, 2.75) is 13.0 Å². The molecule has 1 amide bonds. The Kier molecular flexibility index (Phi) is 3.87. The highest BCUT2D eigenvalue weighted by atomic mass is 32.1. The van der Waals surface area contributed by atoms with Crippen LogP contribution in [-0.2, 0) is 13.0 Å². The topological polar surface area (TPSA) is 78.9 Å². The molecule has 3 N–H and O–H groups in total. The number of rotatable bonds is 3. The first-order valence-corrected chi connectivity index (χ1v) is 8.63. The van der Waals surface area contributed by atoms with E-state index in [1.165, 1.54) is 22.5 Å². The Balaban J connectivity index is 1.70. The molecule has 24 heavy (non-hydrogen) atoms. The standard InChI is InChI=1S/C17H17N5OS/c1-18-13-14-17(21-8-7-20-14)24-15(13)16(23)22-12-4-2-3-10-9-19-6-5-11(10)12/h2-4,7-8,18-19H,5-6,9H2,1H3,(H,22,23). The van der Waals surface area contributed by atoms with Gasteiger partial charge in [0.2, 0.25) is 0 Å². The fourth-order valence-corrected chi connectivity index (χ4v) is 4.05. The highest BCUT2D eigenvalue weighted by molar-refractivity contribution is 7.21. The first kappa shape index (κ1) is 15.0. The molecule has 0 radical (unpaired) electrons. The molecule has 0 saturated heterocycles. The van der Waals surface area contributed by atoms with Gasteiger partial charge in [-0.3, -0.25) is 4.79 Å². The summed E-state index contributed by atoms with van der Waals surface area (Å²) in [5.41, 5.74) is 4.81. The predicted molar refractivity (Wildman–Crippen MR) is 96.8 cm³/mol. The van der Waals surface area contributed by atoms with E-state index in [1.54, 1.807) is 19.4 Å². The Bertz CT molecular complexity index is 920. The number of nitrogens with zero attached hydrogens (tertiary/aromatic N) is 2. The van der Waals surface area contributed by atoms with Crippen molar-refractivity contribution < 1.29 is 4.79 Å². The second kappa shape index (κ2) is 6.18. The summed E-state index contributed by atoms with van der Waals surface area (Å²) in [6.07, 6.45) is 4.19. The smallest absolute Gasteiger partial charge is 0.268 e. The van der Waals surface area contributed by atoms with Crippen LogP contribution in [-0.4, -0.2) is 29.5 Å². The van der Waals surface area contributed by atoms with Gasteiger partial charge in [-0.1, -0.05) is 12.1 Å². The Morgan fingerprint density at radius 1 is 1.29 bits per heavy atom. The van der Waals surface area contributed by atoms with Gasteiger partial charge >= 0.3 is 0 Å². The van der Waals surface area contributed by atoms with Crippen LogP contribution >= 0.6 is 11.3 Å². The van der Waals surface area contributed by atoms with Crippen molar-refractivity contribution in [2.75, 3.05) is 24.2 Å². The molecule has 1 aliphatic heterocycles. The Morgan fingerprint density at radius 3 is 3.04 bits per heavy atom. The Labute approximate surface area is 143 Å². The monoisotopic (exact) mass is 339 g/mol. The van der Waals surface area contributed by atoms with E-state index in [0.29, 0.717) is 4.88 Å². The zero-order valence-corrected chi connectivity index (χ0v) is 14.0. The number of carbonyl (C=O) groups excluding carboxylic acids is 1. The van der Waals surface area contributed by atoms with Gasteiger partial charge in [0.05, 0.1) is 5.69 Å². The van der Waals surface area contributed by atoms with Gasteiger partial charge in [-0.2, -0.15) is 0 Å². The van der Waals surface area contributed by atoms with Crippen LogP contribution < -0.4 is 16.0 Å². The minimum atomic E-state index is -0.129.